The molecule has 2 aromatic rings. The summed E-state index contributed by atoms with van der Waals surface area (Å²) < 4.78 is 11.1. The van der Waals surface area contributed by atoms with Gasteiger partial charge < -0.3 is 19.7 Å². The third kappa shape index (κ3) is 4.48. The first-order chi connectivity index (χ1) is 10.2. The van der Waals surface area contributed by atoms with Crippen LogP contribution in [0.25, 0.3) is 0 Å². The average molecular weight is 288 g/mol. The van der Waals surface area contributed by atoms with Crippen molar-refractivity contribution >= 4 is 0 Å². The lowest BCUT2D eigenvalue weighted by molar-refractivity contribution is 0.0954. The molecule has 0 saturated carbocycles. The molecule has 2 aromatic carbocycles. The Hall–Kier alpha value is -2.04. The minimum absolute atomic E-state index is 0.258. The Morgan fingerprint density at radius 2 is 1.76 bits per heavy atom. The van der Waals surface area contributed by atoms with E-state index in [9.17, 15) is 5.11 Å². The highest BCUT2D eigenvalue weighted by molar-refractivity contribution is 5.43. The van der Waals surface area contributed by atoms with Crippen molar-refractivity contribution in [1.29, 1.82) is 0 Å². The van der Waals surface area contributed by atoms with Gasteiger partial charge in [0.1, 0.15) is 6.61 Å². The first kappa shape index (κ1) is 15.4. The van der Waals surface area contributed by atoms with Crippen molar-refractivity contribution in [1.82, 2.24) is 0 Å². The van der Waals surface area contributed by atoms with Crippen molar-refractivity contribution in [3.05, 3.63) is 59.7 Å². The van der Waals surface area contributed by atoms with Crippen LogP contribution in [-0.4, -0.2) is 30.0 Å². The number of methoxy groups -OCH3 is 1. The quantitative estimate of drug-likeness (QED) is 0.820. The van der Waals surface area contributed by atoms with Gasteiger partial charge in [0.15, 0.2) is 11.5 Å². The summed E-state index contributed by atoms with van der Waals surface area (Å²) >= 11 is 0. The van der Waals surface area contributed by atoms with Crippen molar-refractivity contribution < 1.29 is 19.7 Å². The van der Waals surface area contributed by atoms with E-state index in [0.29, 0.717) is 24.5 Å². The second kappa shape index (κ2) is 7.67. The molecule has 112 valence electrons. The Kier molecular flexibility index (Phi) is 5.60. The lowest BCUT2D eigenvalue weighted by Crippen LogP contribution is -2.15. The molecule has 0 spiro atoms. The fraction of sp³-hybridized carbons (Fsp3) is 0.294. The largest absolute Gasteiger partial charge is 0.493 e. The van der Waals surface area contributed by atoms with Crippen LogP contribution in [0.5, 0.6) is 11.5 Å². The van der Waals surface area contributed by atoms with Gasteiger partial charge in [-0.25, -0.2) is 0 Å². The molecule has 0 aromatic heterocycles. The summed E-state index contributed by atoms with van der Waals surface area (Å²) in [6, 6.07) is 15.4. The van der Waals surface area contributed by atoms with E-state index in [0.717, 1.165) is 11.1 Å². The van der Waals surface area contributed by atoms with Crippen LogP contribution in [0.3, 0.4) is 0 Å². The maximum absolute atomic E-state index is 9.51. The van der Waals surface area contributed by atoms with Crippen molar-refractivity contribution in [2.45, 2.75) is 19.1 Å². The molecule has 4 nitrogen and oxygen atoms in total. The molecule has 21 heavy (non-hydrogen) atoms. The van der Waals surface area contributed by atoms with Gasteiger partial charge >= 0.3 is 0 Å². The van der Waals surface area contributed by atoms with Crippen molar-refractivity contribution in [3.8, 4) is 11.5 Å². The molecule has 0 bridgehead atoms. The summed E-state index contributed by atoms with van der Waals surface area (Å²) in [6.07, 6.45) is -0.386. The first-order valence-corrected chi connectivity index (χ1v) is 6.85. The zero-order valence-electron chi connectivity index (χ0n) is 12.0. The Morgan fingerprint density at radius 3 is 2.43 bits per heavy atom. The third-order valence-electron chi connectivity index (χ3n) is 3.15. The maximum Gasteiger partial charge on any atom is 0.161 e. The topological polar surface area (TPSA) is 58.9 Å². The Labute approximate surface area is 124 Å². The molecule has 2 rings (SSSR count). The Balaban J connectivity index is 2.10. The van der Waals surface area contributed by atoms with E-state index in [1.165, 1.54) is 0 Å². The van der Waals surface area contributed by atoms with E-state index in [-0.39, 0.29) is 6.61 Å². The predicted octanol–water partition coefficient (Wildman–Crippen LogP) is 2.17. The molecule has 0 amide bonds. The summed E-state index contributed by atoms with van der Waals surface area (Å²) in [4.78, 5) is 0. The van der Waals surface area contributed by atoms with E-state index in [1.807, 2.05) is 42.5 Å². The number of hydrogen-bond donors (Lipinski definition) is 2. The molecule has 0 aliphatic rings. The number of aliphatic hydroxyl groups excluding tert-OH is 2. The third-order valence-corrected chi connectivity index (χ3v) is 3.15. The summed E-state index contributed by atoms with van der Waals surface area (Å²) in [5.41, 5.74) is 1.96. The number of benzene rings is 2. The summed E-state index contributed by atoms with van der Waals surface area (Å²) in [7, 11) is 1.59. The lowest BCUT2D eigenvalue weighted by atomic mass is 10.1. The van der Waals surface area contributed by atoms with Crippen LogP contribution >= 0.6 is 0 Å². The van der Waals surface area contributed by atoms with Crippen molar-refractivity contribution in [2.24, 2.45) is 0 Å². The van der Waals surface area contributed by atoms with Gasteiger partial charge in [-0.2, -0.15) is 0 Å². The number of ether oxygens (including phenoxy) is 2. The standard InChI is InChI=1S/C17H20O4/c1-20-16-8-7-14(9-15(19)11-18)10-17(16)21-12-13-5-3-2-4-6-13/h2-8,10,15,18-19H,9,11-12H2,1H3. The van der Waals surface area contributed by atoms with Crippen LogP contribution in [0.15, 0.2) is 48.5 Å². The van der Waals surface area contributed by atoms with Crippen LogP contribution in [0, 0.1) is 0 Å². The van der Waals surface area contributed by atoms with Crippen LogP contribution < -0.4 is 9.47 Å². The highest BCUT2D eigenvalue weighted by Gasteiger charge is 2.09. The number of rotatable bonds is 7. The molecule has 0 radical (unpaired) electrons. The molecule has 0 aliphatic heterocycles. The zero-order chi connectivity index (χ0) is 15.1. The molecule has 1 unspecified atom stereocenters. The first-order valence-electron chi connectivity index (χ1n) is 6.85. The van der Waals surface area contributed by atoms with E-state index < -0.39 is 6.10 Å². The van der Waals surface area contributed by atoms with E-state index in [1.54, 1.807) is 13.2 Å². The molecular weight excluding hydrogens is 268 g/mol. The van der Waals surface area contributed by atoms with Crippen molar-refractivity contribution in [2.75, 3.05) is 13.7 Å². The van der Waals surface area contributed by atoms with E-state index >= 15 is 0 Å². The second-order valence-corrected chi connectivity index (χ2v) is 4.80. The van der Waals surface area contributed by atoms with Gasteiger partial charge in [-0.3, -0.25) is 0 Å². The highest BCUT2D eigenvalue weighted by atomic mass is 16.5. The molecule has 1 atom stereocenters. The summed E-state index contributed by atoms with van der Waals surface area (Å²) in [5, 5.41) is 18.4. The van der Waals surface area contributed by atoms with E-state index in [2.05, 4.69) is 0 Å². The van der Waals surface area contributed by atoms with Gasteiger partial charge in [0.2, 0.25) is 0 Å². The molecule has 0 fully saturated rings. The fourth-order valence-corrected chi connectivity index (χ4v) is 2.03. The van der Waals surface area contributed by atoms with Gasteiger partial charge in [-0.1, -0.05) is 36.4 Å². The molecule has 4 heteroatoms. The average Bonchev–Trinajstić information content (AvgIpc) is 2.54. The smallest absolute Gasteiger partial charge is 0.161 e. The zero-order valence-corrected chi connectivity index (χ0v) is 12.0. The predicted molar refractivity (Wildman–Crippen MR) is 80.6 cm³/mol. The molecular formula is C17H20O4. The molecule has 0 saturated heterocycles. The van der Waals surface area contributed by atoms with Gasteiger partial charge in [0.05, 0.1) is 19.8 Å². The van der Waals surface area contributed by atoms with Gasteiger partial charge in [-0.15, -0.1) is 0 Å². The van der Waals surface area contributed by atoms with Gasteiger partial charge in [0, 0.05) is 6.42 Å². The second-order valence-electron chi connectivity index (χ2n) is 4.80. The monoisotopic (exact) mass is 288 g/mol. The summed E-state index contributed by atoms with van der Waals surface area (Å²) in [6.45, 7) is 0.190. The number of hydrogen-bond acceptors (Lipinski definition) is 4. The molecule has 0 heterocycles. The maximum atomic E-state index is 9.51. The molecule has 0 aliphatic carbocycles. The molecule has 2 N–H and O–H groups in total. The van der Waals surface area contributed by atoms with Crippen LogP contribution in [0.2, 0.25) is 0 Å². The van der Waals surface area contributed by atoms with E-state index in [4.69, 9.17) is 14.6 Å². The minimum atomic E-state index is -0.764. The highest BCUT2D eigenvalue weighted by Crippen LogP contribution is 2.29. The Morgan fingerprint density at radius 1 is 1.00 bits per heavy atom. The van der Waals surface area contributed by atoms with Crippen LogP contribution in [0.1, 0.15) is 11.1 Å². The van der Waals surface area contributed by atoms with Gasteiger partial charge in [-0.05, 0) is 23.3 Å². The minimum Gasteiger partial charge on any atom is -0.493 e. The number of aliphatic hydroxyl groups is 2. The van der Waals surface area contributed by atoms with Crippen molar-refractivity contribution in [3.63, 3.8) is 0 Å². The van der Waals surface area contributed by atoms with Gasteiger partial charge in [0.25, 0.3) is 0 Å². The van der Waals surface area contributed by atoms with Crippen LogP contribution in [-0.2, 0) is 13.0 Å². The normalized spacial score (nSPS) is 12.0. The SMILES string of the molecule is COc1ccc(CC(O)CO)cc1OCc1ccccc1. The van der Waals surface area contributed by atoms with Crippen LogP contribution in [0.4, 0.5) is 0 Å². The fourth-order valence-electron chi connectivity index (χ4n) is 2.03. The Bertz CT molecular complexity index is 554. The lowest BCUT2D eigenvalue weighted by Gasteiger charge is -2.13. The summed E-state index contributed by atoms with van der Waals surface area (Å²) in [5.74, 6) is 1.28.